The molecule has 0 radical (unpaired) electrons. The van der Waals surface area contributed by atoms with Crippen LogP contribution in [0.2, 0.25) is 0 Å². The second-order valence-electron chi connectivity index (χ2n) is 8.61. The van der Waals surface area contributed by atoms with Gasteiger partial charge in [-0.1, -0.05) is 54.4 Å². The predicted octanol–water partition coefficient (Wildman–Crippen LogP) is 4.44. The number of nitrogens with two attached hydrogens (primary N) is 1. The van der Waals surface area contributed by atoms with Gasteiger partial charge in [-0.05, 0) is 55.4 Å². The highest BCUT2D eigenvalue weighted by Gasteiger charge is 2.35. The van der Waals surface area contributed by atoms with Crippen molar-refractivity contribution < 1.29 is 0 Å². The van der Waals surface area contributed by atoms with Crippen LogP contribution in [-0.4, -0.2) is 18.6 Å². The van der Waals surface area contributed by atoms with Crippen molar-refractivity contribution in [1.29, 1.82) is 0 Å². The molecular weight excluding hydrogens is 256 g/mol. The van der Waals surface area contributed by atoms with Gasteiger partial charge in [-0.3, -0.25) is 0 Å². The SMILES string of the molecule is CC(C)CC1CCCC(CN)(NCC(C(C)C)C(C)C)C1. The molecule has 2 heteroatoms. The molecule has 0 heterocycles. The number of nitrogens with one attached hydrogen (secondary N) is 1. The Kier molecular flexibility index (Phi) is 7.70. The molecule has 0 aromatic heterocycles. The Morgan fingerprint density at radius 2 is 1.71 bits per heavy atom. The van der Waals surface area contributed by atoms with Crippen LogP contribution in [0, 0.1) is 29.6 Å². The normalized spacial score (nSPS) is 27.3. The van der Waals surface area contributed by atoms with Gasteiger partial charge in [-0.15, -0.1) is 0 Å². The zero-order chi connectivity index (χ0) is 16.0. The Morgan fingerprint density at radius 1 is 1.10 bits per heavy atom. The zero-order valence-electron chi connectivity index (χ0n) is 15.4. The van der Waals surface area contributed by atoms with Crippen LogP contribution in [0.5, 0.6) is 0 Å². The van der Waals surface area contributed by atoms with E-state index in [-0.39, 0.29) is 5.54 Å². The lowest BCUT2D eigenvalue weighted by Gasteiger charge is -2.43. The van der Waals surface area contributed by atoms with Crippen molar-refractivity contribution in [2.24, 2.45) is 35.3 Å². The lowest BCUT2D eigenvalue weighted by Crippen LogP contribution is -2.56. The van der Waals surface area contributed by atoms with Crippen molar-refractivity contribution in [2.75, 3.05) is 13.1 Å². The summed E-state index contributed by atoms with van der Waals surface area (Å²) in [7, 11) is 0. The van der Waals surface area contributed by atoms with E-state index < -0.39 is 0 Å². The quantitative estimate of drug-likeness (QED) is 0.695. The van der Waals surface area contributed by atoms with Crippen LogP contribution in [0.25, 0.3) is 0 Å². The first-order valence-electron chi connectivity index (χ1n) is 9.24. The summed E-state index contributed by atoms with van der Waals surface area (Å²) in [4.78, 5) is 0. The molecule has 0 amide bonds. The van der Waals surface area contributed by atoms with Gasteiger partial charge in [0.05, 0.1) is 0 Å². The lowest BCUT2D eigenvalue weighted by atomic mass is 9.72. The van der Waals surface area contributed by atoms with Gasteiger partial charge in [0.15, 0.2) is 0 Å². The van der Waals surface area contributed by atoms with Gasteiger partial charge in [0.1, 0.15) is 0 Å². The molecule has 1 aliphatic carbocycles. The van der Waals surface area contributed by atoms with Crippen molar-refractivity contribution in [2.45, 2.75) is 79.2 Å². The maximum absolute atomic E-state index is 6.21. The first-order valence-corrected chi connectivity index (χ1v) is 9.24. The molecule has 1 aliphatic rings. The topological polar surface area (TPSA) is 38.0 Å². The van der Waals surface area contributed by atoms with Crippen LogP contribution in [-0.2, 0) is 0 Å². The predicted molar refractivity (Wildman–Crippen MR) is 94.4 cm³/mol. The maximum Gasteiger partial charge on any atom is 0.0306 e. The van der Waals surface area contributed by atoms with Gasteiger partial charge in [-0.25, -0.2) is 0 Å². The molecule has 0 bridgehead atoms. The van der Waals surface area contributed by atoms with Crippen molar-refractivity contribution in [3.63, 3.8) is 0 Å². The van der Waals surface area contributed by atoms with E-state index in [1.807, 2.05) is 0 Å². The summed E-state index contributed by atoms with van der Waals surface area (Å²) in [6.07, 6.45) is 6.65. The third-order valence-electron chi connectivity index (χ3n) is 5.57. The van der Waals surface area contributed by atoms with Gasteiger partial charge in [0.2, 0.25) is 0 Å². The maximum atomic E-state index is 6.21. The highest BCUT2D eigenvalue weighted by Crippen LogP contribution is 2.36. The van der Waals surface area contributed by atoms with Crippen LogP contribution in [0.3, 0.4) is 0 Å². The van der Waals surface area contributed by atoms with Crippen LogP contribution in [0.4, 0.5) is 0 Å². The fourth-order valence-corrected chi connectivity index (χ4v) is 4.35. The molecular formula is C19H40N2. The van der Waals surface area contributed by atoms with E-state index in [1.165, 1.54) is 32.1 Å². The minimum absolute atomic E-state index is 0.208. The molecule has 0 aromatic rings. The van der Waals surface area contributed by atoms with Crippen molar-refractivity contribution in [1.82, 2.24) is 5.32 Å². The summed E-state index contributed by atoms with van der Waals surface area (Å²) >= 11 is 0. The number of hydrogen-bond acceptors (Lipinski definition) is 2. The molecule has 0 saturated heterocycles. The fraction of sp³-hybridized carbons (Fsp3) is 1.00. The summed E-state index contributed by atoms with van der Waals surface area (Å²) in [5.41, 5.74) is 6.42. The van der Waals surface area contributed by atoms with E-state index in [1.54, 1.807) is 0 Å². The van der Waals surface area contributed by atoms with E-state index in [2.05, 4.69) is 46.9 Å². The standard InChI is InChI=1S/C19H40N2/c1-14(2)10-17-8-7-9-19(11-17,13-20)21-12-18(15(3)4)16(5)6/h14-18,21H,7-13,20H2,1-6H3. The molecule has 3 N–H and O–H groups in total. The molecule has 2 unspecified atom stereocenters. The molecule has 21 heavy (non-hydrogen) atoms. The van der Waals surface area contributed by atoms with Crippen LogP contribution < -0.4 is 11.1 Å². The number of hydrogen-bond donors (Lipinski definition) is 2. The van der Waals surface area contributed by atoms with Crippen molar-refractivity contribution in [3.05, 3.63) is 0 Å². The van der Waals surface area contributed by atoms with Crippen LogP contribution >= 0.6 is 0 Å². The second-order valence-corrected chi connectivity index (χ2v) is 8.61. The minimum atomic E-state index is 0.208. The molecule has 0 aromatic carbocycles. The molecule has 1 saturated carbocycles. The molecule has 0 aliphatic heterocycles. The van der Waals surface area contributed by atoms with Crippen molar-refractivity contribution >= 4 is 0 Å². The van der Waals surface area contributed by atoms with Gasteiger partial charge < -0.3 is 11.1 Å². The van der Waals surface area contributed by atoms with E-state index in [4.69, 9.17) is 5.73 Å². The summed E-state index contributed by atoms with van der Waals surface area (Å²) < 4.78 is 0. The highest BCUT2D eigenvalue weighted by atomic mass is 15.0. The smallest absolute Gasteiger partial charge is 0.0306 e. The molecule has 2 nitrogen and oxygen atoms in total. The minimum Gasteiger partial charge on any atom is -0.329 e. The first-order chi connectivity index (χ1) is 9.79. The van der Waals surface area contributed by atoms with Gasteiger partial charge in [-0.2, -0.15) is 0 Å². The first kappa shape index (κ1) is 19.0. The van der Waals surface area contributed by atoms with E-state index >= 15 is 0 Å². The third-order valence-corrected chi connectivity index (χ3v) is 5.57. The van der Waals surface area contributed by atoms with E-state index in [0.29, 0.717) is 0 Å². The third kappa shape index (κ3) is 5.90. The Balaban J connectivity index is 2.62. The number of rotatable bonds is 8. The van der Waals surface area contributed by atoms with Gasteiger partial charge in [0, 0.05) is 12.1 Å². The highest BCUT2D eigenvalue weighted by molar-refractivity contribution is 4.95. The van der Waals surface area contributed by atoms with Gasteiger partial charge in [0.25, 0.3) is 0 Å². The fourth-order valence-electron chi connectivity index (χ4n) is 4.35. The van der Waals surface area contributed by atoms with Crippen LogP contribution in [0.15, 0.2) is 0 Å². The summed E-state index contributed by atoms with van der Waals surface area (Å²) in [6.45, 7) is 16.0. The van der Waals surface area contributed by atoms with Crippen molar-refractivity contribution in [3.8, 4) is 0 Å². The summed E-state index contributed by atoms with van der Waals surface area (Å²) in [5.74, 6) is 3.90. The zero-order valence-corrected chi connectivity index (χ0v) is 15.4. The largest absolute Gasteiger partial charge is 0.329 e. The van der Waals surface area contributed by atoms with Gasteiger partial charge >= 0.3 is 0 Å². The van der Waals surface area contributed by atoms with E-state index in [9.17, 15) is 0 Å². The lowest BCUT2D eigenvalue weighted by molar-refractivity contribution is 0.147. The summed E-state index contributed by atoms with van der Waals surface area (Å²) in [5, 5.41) is 3.93. The Hall–Kier alpha value is -0.0800. The average Bonchev–Trinajstić information content (AvgIpc) is 2.37. The van der Waals surface area contributed by atoms with Crippen LogP contribution in [0.1, 0.15) is 73.6 Å². The molecule has 1 fully saturated rings. The Morgan fingerprint density at radius 3 is 2.19 bits per heavy atom. The molecule has 0 spiro atoms. The second kappa shape index (κ2) is 8.53. The Bertz CT molecular complexity index is 277. The molecule has 126 valence electrons. The summed E-state index contributed by atoms with van der Waals surface area (Å²) in [6, 6.07) is 0. The van der Waals surface area contributed by atoms with E-state index in [0.717, 1.165) is 42.7 Å². The molecule has 1 rings (SSSR count). The Labute approximate surface area is 133 Å². The molecule has 2 atom stereocenters. The monoisotopic (exact) mass is 296 g/mol. The average molecular weight is 297 g/mol.